The molecule has 0 aliphatic carbocycles. The summed E-state index contributed by atoms with van der Waals surface area (Å²) in [7, 11) is 0. The van der Waals surface area contributed by atoms with E-state index in [4.69, 9.17) is 0 Å². The Kier molecular flexibility index (Phi) is 3.99. The van der Waals surface area contributed by atoms with Crippen molar-refractivity contribution in [3.05, 3.63) is 35.9 Å². The molecule has 0 amide bonds. The number of ketones is 1. The summed E-state index contributed by atoms with van der Waals surface area (Å²) < 4.78 is 2.69. The van der Waals surface area contributed by atoms with E-state index in [0.717, 1.165) is 5.56 Å². The fourth-order valence-corrected chi connectivity index (χ4v) is 1.40. The maximum atomic E-state index is 11.1. The molecule has 1 aromatic carbocycles. The monoisotopic (exact) mass is 195 g/mol. The second kappa shape index (κ2) is 5.04. The molecule has 0 saturated carbocycles. The third-order valence-corrected chi connectivity index (χ3v) is 2.24. The summed E-state index contributed by atoms with van der Waals surface area (Å²) in [4.78, 5) is 11.1. The van der Waals surface area contributed by atoms with E-state index in [1.54, 1.807) is 6.92 Å². The fraction of sp³-hybridized carbons (Fsp3) is 0.300. The average molecular weight is 195 g/mol. The summed E-state index contributed by atoms with van der Waals surface area (Å²) in [6.45, 7) is 1.57. The maximum absolute atomic E-state index is 11.1. The summed E-state index contributed by atoms with van der Waals surface area (Å²) >= 11 is 3.91. The molecule has 0 aliphatic rings. The first-order valence-corrected chi connectivity index (χ1v) is 4.62. The van der Waals surface area contributed by atoms with Crippen molar-refractivity contribution < 1.29 is 4.79 Å². The highest BCUT2D eigenvalue weighted by Crippen LogP contribution is 2.04. The molecule has 1 atom stereocenters. The molecule has 70 valence electrons. The third kappa shape index (κ3) is 3.20. The Balaban J connectivity index is 2.62. The standard InChI is InChI=1S/C10H13NOS/c1-8(12)10(11-13)7-9-5-3-2-4-6-9/h2-6,10-11,13H,7H2,1H3/t10-/m0/s1. The Hall–Kier alpha value is -0.800. The van der Waals surface area contributed by atoms with Crippen LogP contribution < -0.4 is 4.72 Å². The highest BCUT2D eigenvalue weighted by atomic mass is 32.1. The van der Waals surface area contributed by atoms with Crippen molar-refractivity contribution in [2.45, 2.75) is 19.4 Å². The van der Waals surface area contributed by atoms with Crippen molar-refractivity contribution in [2.75, 3.05) is 0 Å². The first-order valence-electron chi connectivity index (χ1n) is 4.18. The molecule has 1 N–H and O–H groups in total. The molecule has 0 unspecified atom stereocenters. The Morgan fingerprint density at radius 2 is 2.08 bits per heavy atom. The second-order valence-corrected chi connectivity index (χ2v) is 3.24. The zero-order valence-electron chi connectivity index (χ0n) is 7.53. The molecule has 0 aromatic heterocycles. The highest BCUT2D eigenvalue weighted by Gasteiger charge is 2.11. The molecule has 2 nitrogen and oxygen atoms in total. The van der Waals surface area contributed by atoms with E-state index in [-0.39, 0.29) is 11.8 Å². The highest BCUT2D eigenvalue weighted by molar-refractivity contribution is 7.78. The minimum Gasteiger partial charge on any atom is -0.298 e. The number of nitrogens with one attached hydrogen (secondary N) is 1. The van der Waals surface area contributed by atoms with E-state index < -0.39 is 0 Å². The summed E-state index contributed by atoms with van der Waals surface area (Å²) in [5, 5.41) is 0. The van der Waals surface area contributed by atoms with Gasteiger partial charge in [0.15, 0.2) is 0 Å². The predicted octanol–water partition coefficient (Wildman–Crippen LogP) is 1.62. The number of thiol groups is 1. The van der Waals surface area contributed by atoms with Gasteiger partial charge in [0.1, 0.15) is 5.78 Å². The van der Waals surface area contributed by atoms with Crippen LogP contribution in [0.2, 0.25) is 0 Å². The van der Waals surface area contributed by atoms with Crippen LogP contribution in [0.15, 0.2) is 30.3 Å². The molecule has 1 rings (SSSR count). The molecule has 0 fully saturated rings. The number of hydrogen-bond acceptors (Lipinski definition) is 3. The van der Waals surface area contributed by atoms with Crippen LogP contribution in [-0.2, 0) is 11.2 Å². The SMILES string of the molecule is CC(=O)[C@H](Cc1ccccc1)NS. The van der Waals surface area contributed by atoms with Crippen molar-refractivity contribution in [3.63, 3.8) is 0 Å². The number of carbonyl (C=O) groups excluding carboxylic acids is 1. The van der Waals surface area contributed by atoms with E-state index in [0.29, 0.717) is 6.42 Å². The van der Waals surface area contributed by atoms with Gasteiger partial charge in [-0.15, -0.1) is 0 Å². The third-order valence-electron chi connectivity index (χ3n) is 1.93. The van der Waals surface area contributed by atoms with Gasteiger partial charge in [-0.3, -0.25) is 9.52 Å². The smallest absolute Gasteiger partial charge is 0.147 e. The van der Waals surface area contributed by atoms with Crippen LogP contribution in [0.25, 0.3) is 0 Å². The minimum absolute atomic E-state index is 0.110. The Morgan fingerprint density at radius 3 is 2.54 bits per heavy atom. The van der Waals surface area contributed by atoms with Crippen molar-refractivity contribution in [2.24, 2.45) is 0 Å². The van der Waals surface area contributed by atoms with Crippen LogP contribution in [0.4, 0.5) is 0 Å². The van der Waals surface area contributed by atoms with Gasteiger partial charge in [-0.2, -0.15) is 0 Å². The van der Waals surface area contributed by atoms with Gasteiger partial charge in [0.25, 0.3) is 0 Å². The first-order chi connectivity index (χ1) is 6.24. The van der Waals surface area contributed by atoms with Crippen LogP contribution in [0, 0.1) is 0 Å². The van der Waals surface area contributed by atoms with Gasteiger partial charge >= 0.3 is 0 Å². The van der Waals surface area contributed by atoms with Crippen LogP contribution in [0.5, 0.6) is 0 Å². The summed E-state index contributed by atoms with van der Waals surface area (Å²) in [6, 6.07) is 9.70. The molecule has 0 radical (unpaired) electrons. The molecule has 13 heavy (non-hydrogen) atoms. The topological polar surface area (TPSA) is 29.1 Å². The van der Waals surface area contributed by atoms with E-state index in [1.807, 2.05) is 30.3 Å². The number of rotatable bonds is 4. The number of benzene rings is 1. The van der Waals surface area contributed by atoms with Gasteiger partial charge in [0.2, 0.25) is 0 Å². The molecule has 3 heteroatoms. The van der Waals surface area contributed by atoms with Crippen molar-refractivity contribution >= 4 is 18.6 Å². The molecule has 1 aromatic rings. The van der Waals surface area contributed by atoms with Gasteiger partial charge in [0, 0.05) is 0 Å². The second-order valence-electron chi connectivity index (χ2n) is 2.98. The normalized spacial score (nSPS) is 12.5. The number of Topliss-reactive ketones (excluding diaryl/α,β-unsaturated/α-hetero) is 1. The predicted molar refractivity (Wildman–Crippen MR) is 56.7 cm³/mol. The Morgan fingerprint density at radius 1 is 1.46 bits per heavy atom. The van der Waals surface area contributed by atoms with Gasteiger partial charge in [0.05, 0.1) is 6.04 Å². The summed E-state index contributed by atoms with van der Waals surface area (Å²) in [6.07, 6.45) is 0.694. The van der Waals surface area contributed by atoms with Crippen molar-refractivity contribution in [1.29, 1.82) is 0 Å². The van der Waals surface area contributed by atoms with Crippen LogP contribution in [0.3, 0.4) is 0 Å². The molecule has 0 heterocycles. The van der Waals surface area contributed by atoms with E-state index in [9.17, 15) is 4.79 Å². The van der Waals surface area contributed by atoms with E-state index in [1.165, 1.54) is 0 Å². The Bertz CT molecular complexity index is 274. The molecular formula is C10H13NOS. The van der Waals surface area contributed by atoms with Gasteiger partial charge in [-0.25, -0.2) is 0 Å². The fourth-order valence-electron chi connectivity index (χ4n) is 1.13. The maximum Gasteiger partial charge on any atom is 0.147 e. The van der Waals surface area contributed by atoms with Gasteiger partial charge in [-0.05, 0) is 18.9 Å². The van der Waals surface area contributed by atoms with Crippen LogP contribution in [0.1, 0.15) is 12.5 Å². The zero-order chi connectivity index (χ0) is 9.68. The molecule has 0 bridgehead atoms. The van der Waals surface area contributed by atoms with Gasteiger partial charge < -0.3 is 0 Å². The first kappa shape index (κ1) is 10.3. The lowest BCUT2D eigenvalue weighted by molar-refractivity contribution is -0.118. The Labute approximate surface area is 83.9 Å². The quantitative estimate of drug-likeness (QED) is 0.715. The summed E-state index contributed by atoms with van der Waals surface area (Å²) in [5.74, 6) is 0.110. The van der Waals surface area contributed by atoms with Crippen LogP contribution >= 0.6 is 12.8 Å². The van der Waals surface area contributed by atoms with Crippen molar-refractivity contribution in [3.8, 4) is 0 Å². The molecule has 0 saturated heterocycles. The largest absolute Gasteiger partial charge is 0.298 e. The molecule has 0 spiro atoms. The number of hydrogen-bond donors (Lipinski definition) is 2. The summed E-state index contributed by atoms with van der Waals surface area (Å²) in [5.41, 5.74) is 1.14. The number of carbonyl (C=O) groups is 1. The van der Waals surface area contributed by atoms with E-state index in [2.05, 4.69) is 17.5 Å². The van der Waals surface area contributed by atoms with Gasteiger partial charge in [-0.1, -0.05) is 43.1 Å². The van der Waals surface area contributed by atoms with Crippen LogP contribution in [-0.4, -0.2) is 11.8 Å². The lowest BCUT2D eigenvalue weighted by Gasteiger charge is -2.11. The molecule has 0 aliphatic heterocycles. The molecular weight excluding hydrogens is 182 g/mol. The van der Waals surface area contributed by atoms with Crippen molar-refractivity contribution in [1.82, 2.24) is 4.72 Å². The lowest BCUT2D eigenvalue weighted by Crippen LogP contribution is -2.31. The zero-order valence-corrected chi connectivity index (χ0v) is 8.42. The van der Waals surface area contributed by atoms with E-state index >= 15 is 0 Å². The lowest BCUT2D eigenvalue weighted by atomic mass is 10.0. The minimum atomic E-state index is -0.189. The average Bonchev–Trinajstić information content (AvgIpc) is 2.15.